The molecule has 0 bridgehead atoms. The van der Waals surface area contributed by atoms with E-state index >= 15 is 0 Å². The van der Waals surface area contributed by atoms with Crippen molar-refractivity contribution in [2.75, 3.05) is 6.54 Å². The lowest BCUT2D eigenvalue weighted by molar-refractivity contribution is 0.0459. The molecule has 8 nitrogen and oxygen atoms in total. The second-order valence-electron chi connectivity index (χ2n) is 8.68. The number of nitrogens with one attached hydrogen (secondary N) is 2. The third-order valence-electron chi connectivity index (χ3n) is 5.22. The number of H-pyrrole nitrogens is 1. The van der Waals surface area contributed by atoms with Crippen molar-refractivity contribution in [3.63, 3.8) is 0 Å². The van der Waals surface area contributed by atoms with Crippen molar-refractivity contribution in [3.05, 3.63) is 29.6 Å². The highest BCUT2D eigenvalue weighted by molar-refractivity contribution is 5.94. The Morgan fingerprint density at radius 2 is 2.13 bits per heavy atom. The Labute approximate surface area is 176 Å². The molecule has 2 unspecified atom stereocenters. The minimum atomic E-state index is -0.545. The maximum Gasteiger partial charge on any atom is 0.407 e. The summed E-state index contributed by atoms with van der Waals surface area (Å²) >= 11 is 0. The number of hydrogen-bond acceptors (Lipinski definition) is 5. The van der Waals surface area contributed by atoms with Gasteiger partial charge in [-0.25, -0.2) is 9.78 Å². The van der Waals surface area contributed by atoms with Gasteiger partial charge in [-0.15, -0.1) is 0 Å². The van der Waals surface area contributed by atoms with Crippen LogP contribution in [0.3, 0.4) is 0 Å². The second-order valence-corrected chi connectivity index (χ2v) is 8.68. The molecule has 1 aliphatic carbocycles. The van der Waals surface area contributed by atoms with Crippen LogP contribution in [0.15, 0.2) is 18.2 Å². The molecule has 30 heavy (non-hydrogen) atoms. The summed E-state index contributed by atoms with van der Waals surface area (Å²) in [5.41, 5.74) is 1.29. The number of nitrogens with zero attached hydrogens (tertiary/aromatic N) is 3. The number of aromatic nitrogens is 2. The van der Waals surface area contributed by atoms with Crippen LogP contribution in [-0.4, -0.2) is 51.1 Å². The first kappa shape index (κ1) is 21.6. The minimum Gasteiger partial charge on any atom is -0.444 e. The Kier molecular flexibility index (Phi) is 6.30. The summed E-state index contributed by atoms with van der Waals surface area (Å²) in [6.45, 7) is 7.99. The monoisotopic (exact) mass is 411 g/mol. The number of amides is 2. The average Bonchev–Trinajstić information content (AvgIpc) is 3.10. The number of nitriles is 1. The molecule has 2 aromatic rings. The molecule has 0 spiro atoms. The molecule has 1 aromatic carbocycles. The van der Waals surface area contributed by atoms with E-state index in [9.17, 15) is 9.59 Å². The summed E-state index contributed by atoms with van der Waals surface area (Å²) in [7, 11) is 0. The molecule has 160 valence electrons. The van der Waals surface area contributed by atoms with Crippen molar-refractivity contribution in [3.8, 4) is 6.07 Å². The molecule has 0 radical (unpaired) electrons. The molecule has 1 aromatic heterocycles. The van der Waals surface area contributed by atoms with Crippen LogP contribution in [0.1, 0.15) is 69.6 Å². The van der Waals surface area contributed by atoms with E-state index in [1.165, 1.54) is 0 Å². The highest BCUT2D eigenvalue weighted by atomic mass is 16.6. The molecule has 2 amide bonds. The molecule has 2 atom stereocenters. The van der Waals surface area contributed by atoms with Gasteiger partial charge in [0.15, 0.2) is 5.82 Å². The van der Waals surface area contributed by atoms with Crippen LogP contribution in [0, 0.1) is 11.3 Å². The van der Waals surface area contributed by atoms with Gasteiger partial charge in [0.05, 0.1) is 22.7 Å². The normalized spacial score (nSPS) is 19.2. The molecule has 8 heteroatoms. The van der Waals surface area contributed by atoms with Crippen LogP contribution in [0.5, 0.6) is 0 Å². The lowest BCUT2D eigenvalue weighted by atomic mass is 9.90. The number of hydrogen-bond donors (Lipinski definition) is 2. The summed E-state index contributed by atoms with van der Waals surface area (Å²) < 4.78 is 5.36. The largest absolute Gasteiger partial charge is 0.444 e. The lowest BCUT2D eigenvalue weighted by Gasteiger charge is -2.37. The van der Waals surface area contributed by atoms with Crippen LogP contribution in [0.2, 0.25) is 0 Å². The van der Waals surface area contributed by atoms with Crippen LogP contribution in [0.4, 0.5) is 4.79 Å². The number of ether oxygens (including phenoxy) is 1. The van der Waals surface area contributed by atoms with Gasteiger partial charge in [0.25, 0.3) is 5.91 Å². The van der Waals surface area contributed by atoms with Gasteiger partial charge >= 0.3 is 6.09 Å². The Morgan fingerprint density at radius 1 is 1.37 bits per heavy atom. The molecule has 0 saturated heterocycles. The number of imidazole rings is 1. The quantitative estimate of drug-likeness (QED) is 0.796. The predicted molar refractivity (Wildman–Crippen MR) is 113 cm³/mol. The van der Waals surface area contributed by atoms with E-state index in [-0.39, 0.29) is 23.8 Å². The number of rotatable bonds is 4. The van der Waals surface area contributed by atoms with Crippen molar-refractivity contribution >= 4 is 23.0 Å². The molecule has 1 saturated carbocycles. The maximum atomic E-state index is 13.2. The summed E-state index contributed by atoms with van der Waals surface area (Å²) in [5.74, 6) is 0.0966. The summed E-state index contributed by atoms with van der Waals surface area (Å²) in [6.07, 6.45) is 2.92. The molecule has 3 rings (SSSR count). The Morgan fingerprint density at radius 3 is 2.80 bits per heavy atom. The third-order valence-corrected chi connectivity index (χ3v) is 5.22. The van der Waals surface area contributed by atoms with Crippen molar-refractivity contribution < 1.29 is 14.3 Å². The van der Waals surface area contributed by atoms with Gasteiger partial charge in [0.2, 0.25) is 0 Å². The SMILES string of the molecule is CCN(C(=O)c1nc2ccc(C#N)cc2[nH]1)C1CCCC(NC(=O)OC(C)(C)C)C1. The van der Waals surface area contributed by atoms with E-state index in [4.69, 9.17) is 10.00 Å². The van der Waals surface area contributed by atoms with E-state index in [1.807, 2.05) is 32.6 Å². The van der Waals surface area contributed by atoms with Gasteiger partial charge in [-0.1, -0.05) is 0 Å². The zero-order valence-electron chi connectivity index (χ0n) is 18.0. The first-order valence-corrected chi connectivity index (χ1v) is 10.4. The molecular formula is C22H29N5O3. The lowest BCUT2D eigenvalue weighted by Crippen LogP contribution is -2.49. The van der Waals surface area contributed by atoms with E-state index in [1.54, 1.807) is 18.2 Å². The number of aromatic amines is 1. The van der Waals surface area contributed by atoms with Crippen molar-refractivity contribution in [1.29, 1.82) is 5.26 Å². The predicted octanol–water partition coefficient (Wildman–Crippen LogP) is 3.73. The summed E-state index contributed by atoms with van der Waals surface area (Å²) in [4.78, 5) is 34.6. The number of fused-ring (bicyclic) bond motifs is 1. The van der Waals surface area contributed by atoms with Gasteiger partial charge in [0, 0.05) is 18.6 Å². The minimum absolute atomic E-state index is 0.0130. The van der Waals surface area contributed by atoms with Gasteiger partial charge < -0.3 is 19.9 Å². The number of benzene rings is 1. The van der Waals surface area contributed by atoms with E-state index < -0.39 is 11.7 Å². The van der Waals surface area contributed by atoms with Crippen molar-refractivity contribution in [2.45, 2.75) is 71.1 Å². The van der Waals surface area contributed by atoms with Gasteiger partial charge in [-0.2, -0.15) is 5.26 Å². The number of carbonyl (C=O) groups is 2. The smallest absolute Gasteiger partial charge is 0.407 e. The van der Waals surface area contributed by atoms with Crippen molar-refractivity contribution in [2.24, 2.45) is 0 Å². The Hall–Kier alpha value is -3.08. The fraction of sp³-hybridized carbons (Fsp3) is 0.545. The average molecular weight is 412 g/mol. The van der Waals surface area contributed by atoms with Gasteiger partial charge in [0.1, 0.15) is 5.60 Å². The first-order valence-electron chi connectivity index (χ1n) is 10.4. The molecule has 1 aliphatic rings. The van der Waals surface area contributed by atoms with E-state index in [0.717, 1.165) is 19.3 Å². The fourth-order valence-corrected chi connectivity index (χ4v) is 3.94. The molecule has 2 N–H and O–H groups in total. The molecule has 1 fully saturated rings. The van der Waals surface area contributed by atoms with Crippen LogP contribution >= 0.6 is 0 Å². The van der Waals surface area contributed by atoms with Gasteiger partial charge in [-0.3, -0.25) is 4.79 Å². The van der Waals surface area contributed by atoms with Crippen molar-refractivity contribution in [1.82, 2.24) is 20.2 Å². The summed E-state index contributed by atoms with van der Waals surface area (Å²) in [5, 5.41) is 12.0. The summed E-state index contributed by atoms with van der Waals surface area (Å²) in [6, 6.07) is 7.18. The van der Waals surface area contributed by atoms with Gasteiger partial charge in [-0.05, 0) is 71.6 Å². The maximum absolute atomic E-state index is 13.2. The third kappa shape index (κ3) is 5.09. The molecule has 1 heterocycles. The van der Waals surface area contributed by atoms with E-state index in [0.29, 0.717) is 29.6 Å². The standard InChI is InChI=1S/C22H29N5O3/c1-5-27(16-8-6-7-15(12-16)24-21(29)30-22(2,3)4)20(28)19-25-17-10-9-14(13-23)11-18(17)26-19/h9-11,15-16H,5-8,12H2,1-4H3,(H,24,29)(H,25,26). The van der Waals surface area contributed by atoms with Crippen LogP contribution in [0.25, 0.3) is 11.0 Å². The zero-order chi connectivity index (χ0) is 21.9. The zero-order valence-corrected chi connectivity index (χ0v) is 18.0. The fourth-order valence-electron chi connectivity index (χ4n) is 3.94. The highest BCUT2D eigenvalue weighted by Crippen LogP contribution is 2.25. The Balaban J connectivity index is 1.71. The Bertz CT molecular complexity index is 969. The topological polar surface area (TPSA) is 111 Å². The van der Waals surface area contributed by atoms with Crippen LogP contribution < -0.4 is 5.32 Å². The molecule has 0 aliphatic heterocycles. The number of alkyl carbamates (subject to hydrolysis) is 1. The molecular weight excluding hydrogens is 382 g/mol. The second kappa shape index (κ2) is 8.74. The number of carbonyl (C=O) groups excluding carboxylic acids is 2. The highest BCUT2D eigenvalue weighted by Gasteiger charge is 2.32. The van der Waals surface area contributed by atoms with Crippen LogP contribution in [-0.2, 0) is 4.74 Å². The first-order chi connectivity index (χ1) is 14.2. The van der Waals surface area contributed by atoms with E-state index in [2.05, 4.69) is 21.4 Å².